The van der Waals surface area contributed by atoms with Crippen molar-refractivity contribution >= 4 is 23.0 Å². The molecule has 0 saturated heterocycles. The first-order chi connectivity index (χ1) is 8.00. The Morgan fingerprint density at radius 3 is 2.76 bits per heavy atom. The second-order valence-electron chi connectivity index (χ2n) is 4.60. The highest BCUT2D eigenvalue weighted by atomic mass is 32.2. The Labute approximate surface area is 107 Å². The Kier molecular flexibility index (Phi) is 5.61. The highest BCUT2D eigenvalue weighted by molar-refractivity contribution is 8.14. The molecule has 1 atom stereocenters. The number of amidine groups is 1. The Morgan fingerprint density at radius 1 is 1.53 bits per heavy atom. The molecule has 0 spiro atoms. The molecule has 1 aliphatic heterocycles. The summed E-state index contributed by atoms with van der Waals surface area (Å²) in [6.07, 6.45) is 0. The average molecular weight is 258 g/mol. The van der Waals surface area contributed by atoms with Gasteiger partial charge in [0, 0.05) is 32.4 Å². The van der Waals surface area contributed by atoms with E-state index >= 15 is 0 Å². The number of carbonyl (C=O) groups excluding carboxylic acids is 1. The maximum absolute atomic E-state index is 11.2. The molecule has 1 heterocycles. The van der Waals surface area contributed by atoms with Crippen molar-refractivity contribution in [3.05, 3.63) is 0 Å². The van der Waals surface area contributed by atoms with Gasteiger partial charge < -0.3 is 15.5 Å². The molecule has 0 fully saturated rings. The van der Waals surface area contributed by atoms with Gasteiger partial charge >= 0.3 is 6.03 Å². The van der Waals surface area contributed by atoms with Gasteiger partial charge in [-0.3, -0.25) is 4.99 Å². The molecule has 1 unspecified atom stereocenters. The number of hydrogen-bond acceptors (Lipinski definition) is 4. The van der Waals surface area contributed by atoms with Gasteiger partial charge in [0.05, 0.1) is 6.54 Å². The molecule has 0 radical (unpaired) electrons. The lowest BCUT2D eigenvalue weighted by atomic mass is 10.1. The van der Waals surface area contributed by atoms with Gasteiger partial charge in [-0.1, -0.05) is 25.6 Å². The predicted octanol–water partition coefficient (Wildman–Crippen LogP) is 0.975. The molecule has 0 aromatic heterocycles. The molecular weight excluding hydrogens is 236 g/mol. The standard InChI is InChI=1S/C11H22N4OS/c1-8(2)9-7-14-10(17-9)12-5-6-13-11(16)15(3)4/h8-9H,5-7H2,1-4H3,(H,12,14)(H,13,16). The van der Waals surface area contributed by atoms with Gasteiger partial charge in [-0.05, 0) is 5.92 Å². The van der Waals surface area contributed by atoms with Crippen LogP contribution in [0.2, 0.25) is 0 Å². The van der Waals surface area contributed by atoms with Gasteiger partial charge in [0.1, 0.15) is 0 Å². The van der Waals surface area contributed by atoms with Crippen molar-refractivity contribution in [1.82, 2.24) is 15.5 Å². The van der Waals surface area contributed by atoms with Crippen LogP contribution in [0.5, 0.6) is 0 Å². The lowest BCUT2D eigenvalue weighted by Gasteiger charge is -2.13. The summed E-state index contributed by atoms with van der Waals surface area (Å²) in [7, 11) is 3.46. The summed E-state index contributed by atoms with van der Waals surface area (Å²) in [6.45, 7) is 6.66. The van der Waals surface area contributed by atoms with E-state index in [1.165, 1.54) is 4.90 Å². The van der Waals surface area contributed by atoms with Gasteiger partial charge in [-0.25, -0.2) is 4.79 Å². The molecule has 2 amide bonds. The van der Waals surface area contributed by atoms with Crippen LogP contribution < -0.4 is 10.6 Å². The van der Waals surface area contributed by atoms with E-state index in [9.17, 15) is 4.79 Å². The second-order valence-corrected chi connectivity index (χ2v) is 5.83. The van der Waals surface area contributed by atoms with Gasteiger partial charge in [0.15, 0.2) is 5.17 Å². The third-order valence-electron chi connectivity index (χ3n) is 2.51. The van der Waals surface area contributed by atoms with E-state index in [0.717, 1.165) is 18.3 Å². The first-order valence-electron chi connectivity index (χ1n) is 5.91. The molecule has 0 aromatic carbocycles. The van der Waals surface area contributed by atoms with E-state index in [1.807, 2.05) is 0 Å². The molecule has 0 bridgehead atoms. The summed E-state index contributed by atoms with van der Waals surface area (Å²) in [5.41, 5.74) is 0. The molecule has 1 aliphatic rings. The van der Waals surface area contributed by atoms with Crippen molar-refractivity contribution in [2.24, 2.45) is 10.9 Å². The first-order valence-corrected chi connectivity index (χ1v) is 6.78. The summed E-state index contributed by atoms with van der Waals surface area (Å²) in [5.74, 6) is 0.650. The van der Waals surface area contributed by atoms with E-state index in [2.05, 4.69) is 29.5 Å². The monoisotopic (exact) mass is 258 g/mol. The zero-order chi connectivity index (χ0) is 12.8. The summed E-state index contributed by atoms with van der Waals surface area (Å²) in [4.78, 5) is 17.2. The molecular formula is C11H22N4OS. The number of thioether (sulfide) groups is 1. The van der Waals surface area contributed by atoms with Crippen LogP contribution in [0.25, 0.3) is 0 Å². The van der Waals surface area contributed by atoms with Crippen molar-refractivity contribution in [3.8, 4) is 0 Å². The first kappa shape index (κ1) is 14.2. The summed E-state index contributed by atoms with van der Waals surface area (Å²) in [5, 5.41) is 7.63. The van der Waals surface area contributed by atoms with Crippen molar-refractivity contribution in [2.45, 2.75) is 19.1 Å². The number of nitrogens with zero attached hydrogens (tertiary/aromatic N) is 2. The zero-order valence-electron chi connectivity index (χ0n) is 11.0. The average Bonchev–Trinajstić information content (AvgIpc) is 2.72. The fourth-order valence-corrected chi connectivity index (χ4v) is 2.37. The van der Waals surface area contributed by atoms with Crippen LogP contribution in [0, 0.1) is 5.92 Å². The highest BCUT2D eigenvalue weighted by Crippen LogP contribution is 2.25. The van der Waals surface area contributed by atoms with E-state index in [1.54, 1.807) is 25.9 Å². The molecule has 5 nitrogen and oxygen atoms in total. The number of carbonyl (C=O) groups is 1. The Balaban J connectivity index is 2.11. The molecule has 1 rings (SSSR count). The number of amides is 2. The summed E-state index contributed by atoms with van der Waals surface area (Å²) < 4.78 is 0. The number of nitrogens with one attached hydrogen (secondary N) is 2. The second kappa shape index (κ2) is 6.74. The lowest BCUT2D eigenvalue weighted by molar-refractivity contribution is 0.217. The van der Waals surface area contributed by atoms with Gasteiger partial charge in [0.2, 0.25) is 0 Å². The van der Waals surface area contributed by atoms with E-state index < -0.39 is 0 Å². The predicted molar refractivity (Wildman–Crippen MR) is 73.6 cm³/mol. The molecule has 6 heteroatoms. The Bertz CT molecular complexity index is 291. The van der Waals surface area contributed by atoms with Gasteiger partial charge in [-0.2, -0.15) is 0 Å². The molecule has 0 saturated carbocycles. The van der Waals surface area contributed by atoms with Crippen LogP contribution in [-0.2, 0) is 0 Å². The number of rotatable bonds is 4. The number of aliphatic imine (C=N–C) groups is 1. The number of urea groups is 1. The minimum absolute atomic E-state index is 0.0622. The maximum atomic E-state index is 11.2. The lowest BCUT2D eigenvalue weighted by Crippen LogP contribution is -2.39. The topological polar surface area (TPSA) is 56.7 Å². The van der Waals surface area contributed by atoms with Crippen LogP contribution in [0.1, 0.15) is 13.8 Å². The minimum Gasteiger partial charge on any atom is -0.363 e. The largest absolute Gasteiger partial charge is 0.363 e. The molecule has 0 aliphatic carbocycles. The maximum Gasteiger partial charge on any atom is 0.316 e. The molecule has 98 valence electrons. The quantitative estimate of drug-likeness (QED) is 0.739. The normalized spacial score (nSPS) is 19.1. The fourth-order valence-electron chi connectivity index (χ4n) is 1.33. The summed E-state index contributed by atoms with van der Waals surface area (Å²) in [6, 6.07) is -0.0622. The zero-order valence-corrected chi connectivity index (χ0v) is 11.8. The van der Waals surface area contributed by atoms with Gasteiger partial charge in [-0.15, -0.1) is 0 Å². The third kappa shape index (κ3) is 4.85. The van der Waals surface area contributed by atoms with Crippen molar-refractivity contribution in [2.75, 3.05) is 33.7 Å². The Morgan fingerprint density at radius 2 is 2.24 bits per heavy atom. The number of hydrogen-bond donors (Lipinski definition) is 2. The molecule has 17 heavy (non-hydrogen) atoms. The molecule has 0 aromatic rings. The highest BCUT2D eigenvalue weighted by Gasteiger charge is 2.21. The third-order valence-corrected chi connectivity index (χ3v) is 4.00. The van der Waals surface area contributed by atoms with Crippen LogP contribution in [0.3, 0.4) is 0 Å². The smallest absolute Gasteiger partial charge is 0.316 e. The van der Waals surface area contributed by atoms with Crippen LogP contribution in [0.15, 0.2) is 4.99 Å². The van der Waals surface area contributed by atoms with Crippen molar-refractivity contribution < 1.29 is 4.79 Å². The minimum atomic E-state index is -0.0622. The van der Waals surface area contributed by atoms with Gasteiger partial charge in [0.25, 0.3) is 0 Å². The fraction of sp³-hybridized carbons (Fsp3) is 0.818. The van der Waals surface area contributed by atoms with Crippen LogP contribution in [0.4, 0.5) is 4.79 Å². The van der Waals surface area contributed by atoms with Crippen molar-refractivity contribution in [3.63, 3.8) is 0 Å². The summed E-state index contributed by atoms with van der Waals surface area (Å²) >= 11 is 1.80. The molecule has 2 N–H and O–H groups in total. The SMILES string of the molecule is CC(C)C1CN=C(NCCNC(=O)N(C)C)S1. The van der Waals surface area contributed by atoms with E-state index in [-0.39, 0.29) is 6.03 Å². The van der Waals surface area contributed by atoms with E-state index in [4.69, 9.17) is 0 Å². The van der Waals surface area contributed by atoms with Crippen molar-refractivity contribution in [1.29, 1.82) is 0 Å². The van der Waals surface area contributed by atoms with Crippen LogP contribution in [-0.4, -0.2) is 55.1 Å². The van der Waals surface area contributed by atoms with Crippen LogP contribution >= 0.6 is 11.8 Å². The van der Waals surface area contributed by atoms with E-state index in [0.29, 0.717) is 17.7 Å². The Hall–Kier alpha value is -0.910.